The van der Waals surface area contributed by atoms with E-state index >= 15 is 0 Å². The van der Waals surface area contributed by atoms with Crippen molar-refractivity contribution in [3.63, 3.8) is 0 Å². The third kappa shape index (κ3) is 7.82. The third-order valence-electron chi connectivity index (χ3n) is 2.75. The standard InChI is InChI=1S/C12H26O2S2/c1-4-6-12(7-8-13)16-15-9-11(5-2)10(3)14/h10-14H,4-9H2,1-3H3. The number of rotatable bonds is 10. The van der Waals surface area contributed by atoms with Crippen molar-refractivity contribution in [3.8, 4) is 0 Å². The minimum Gasteiger partial charge on any atom is -0.396 e. The zero-order valence-corrected chi connectivity index (χ0v) is 12.3. The SMILES string of the molecule is CCCC(CCO)SSCC(CC)C(C)O. The van der Waals surface area contributed by atoms with Crippen LogP contribution in [-0.2, 0) is 0 Å². The van der Waals surface area contributed by atoms with E-state index in [9.17, 15) is 5.11 Å². The molecule has 0 amide bonds. The van der Waals surface area contributed by atoms with Crippen molar-refractivity contribution in [1.29, 1.82) is 0 Å². The number of aliphatic hydroxyl groups is 2. The van der Waals surface area contributed by atoms with Gasteiger partial charge >= 0.3 is 0 Å². The number of aliphatic hydroxyl groups excluding tert-OH is 2. The molecule has 0 saturated heterocycles. The lowest BCUT2D eigenvalue weighted by Gasteiger charge is -2.19. The van der Waals surface area contributed by atoms with Gasteiger partial charge in [0.2, 0.25) is 0 Å². The van der Waals surface area contributed by atoms with E-state index in [-0.39, 0.29) is 12.7 Å². The normalized spacial score (nSPS) is 17.1. The molecule has 0 bridgehead atoms. The quantitative estimate of drug-likeness (QED) is 0.595. The van der Waals surface area contributed by atoms with Crippen molar-refractivity contribution in [3.05, 3.63) is 0 Å². The molecule has 4 heteroatoms. The first-order valence-electron chi connectivity index (χ1n) is 6.22. The highest BCUT2D eigenvalue weighted by molar-refractivity contribution is 8.76. The van der Waals surface area contributed by atoms with Gasteiger partial charge in [0.05, 0.1) is 6.10 Å². The molecule has 0 aliphatic rings. The van der Waals surface area contributed by atoms with Gasteiger partial charge in [-0.05, 0) is 25.7 Å². The summed E-state index contributed by atoms with van der Waals surface area (Å²) >= 11 is 0. The van der Waals surface area contributed by atoms with E-state index in [2.05, 4.69) is 13.8 Å². The smallest absolute Gasteiger partial charge is 0.0548 e. The van der Waals surface area contributed by atoms with E-state index < -0.39 is 0 Å². The van der Waals surface area contributed by atoms with Crippen molar-refractivity contribution in [2.75, 3.05) is 12.4 Å². The van der Waals surface area contributed by atoms with E-state index in [1.165, 1.54) is 12.8 Å². The fourth-order valence-corrected chi connectivity index (χ4v) is 4.94. The second-order valence-electron chi connectivity index (χ2n) is 4.21. The Bertz CT molecular complexity index is 148. The van der Waals surface area contributed by atoms with Gasteiger partial charge in [0.15, 0.2) is 0 Å². The van der Waals surface area contributed by atoms with Crippen molar-refractivity contribution < 1.29 is 10.2 Å². The molecule has 0 heterocycles. The second-order valence-corrected chi connectivity index (χ2v) is 6.93. The molecule has 0 aromatic heterocycles. The average Bonchev–Trinajstić information content (AvgIpc) is 2.24. The molecule has 0 saturated carbocycles. The molecular weight excluding hydrogens is 240 g/mol. The van der Waals surface area contributed by atoms with E-state index in [1.807, 2.05) is 28.5 Å². The average molecular weight is 266 g/mol. The Hall–Kier alpha value is 0.620. The van der Waals surface area contributed by atoms with Gasteiger partial charge in [-0.25, -0.2) is 0 Å². The molecule has 3 unspecified atom stereocenters. The number of hydrogen-bond acceptors (Lipinski definition) is 4. The van der Waals surface area contributed by atoms with Crippen molar-refractivity contribution >= 4 is 21.6 Å². The van der Waals surface area contributed by atoms with E-state index in [0.29, 0.717) is 11.2 Å². The van der Waals surface area contributed by atoms with Crippen molar-refractivity contribution in [1.82, 2.24) is 0 Å². The van der Waals surface area contributed by atoms with Crippen LogP contribution in [0, 0.1) is 5.92 Å². The topological polar surface area (TPSA) is 40.5 Å². The summed E-state index contributed by atoms with van der Waals surface area (Å²) in [4.78, 5) is 0. The lowest BCUT2D eigenvalue weighted by molar-refractivity contribution is 0.135. The summed E-state index contributed by atoms with van der Waals surface area (Å²) in [5.74, 6) is 1.40. The first-order chi connectivity index (χ1) is 7.65. The van der Waals surface area contributed by atoms with Gasteiger partial charge < -0.3 is 10.2 Å². The first-order valence-corrected chi connectivity index (χ1v) is 8.61. The maximum atomic E-state index is 9.52. The Morgan fingerprint density at radius 3 is 2.31 bits per heavy atom. The van der Waals surface area contributed by atoms with Gasteiger partial charge in [0.1, 0.15) is 0 Å². The zero-order chi connectivity index (χ0) is 12.4. The summed E-state index contributed by atoms with van der Waals surface area (Å²) in [7, 11) is 3.73. The highest BCUT2D eigenvalue weighted by Gasteiger charge is 2.14. The van der Waals surface area contributed by atoms with Crippen LogP contribution >= 0.6 is 21.6 Å². The van der Waals surface area contributed by atoms with Gasteiger partial charge in [0.25, 0.3) is 0 Å². The largest absolute Gasteiger partial charge is 0.396 e. The van der Waals surface area contributed by atoms with Gasteiger partial charge in [-0.3, -0.25) is 0 Å². The maximum Gasteiger partial charge on any atom is 0.0548 e. The van der Waals surface area contributed by atoms with Crippen LogP contribution in [0.25, 0.3) is 0 Å². The molecule has 0 aliphatic carbocycles. The molecule has 0 aliphatic heterocycles. The molecule has 3 atom stereocenters. The van der Waals surface area contributed by atoms with Crippen LogP contribution in [0.5, 0.6) is 0 Å². The molecule has 2 nitrogen and oxygen atoms in total. The summed E-state index contributed by atoms with van der Waals surface area (Å²) in [6.45, 7) is 6.46. The molecular formula is C12H26O2S2. The molecule has 98 valence electrons. The molecule has 16 heavy (non-hydrogen) atoms. The van der Waals surface area contributed by atoms with Crippen LogP contribution in [0.15, 0.2) is 0 Å². The summed E-state index contributed by atoms with van der Waals surface area (Å²) in [6.07, 6.45) is 4.05. The summed E-state index contributed by atoms with van der Waals surface area (Å²) < 4.78 is 0. The fraction of sp³-hybridized carbons (Fsp3) is 1.00. The molecule has 0 rings (SSSR count). The third-order valence-corrected chi connectivity index (χ3v) is 5.83. The first kappa shape index (κ1) is 16.6. The molecule has 0 fully saturated rings. The van der Waals surface area contributed by atoms with Gasteiger partial charge in [-0.15, -0.1) is 0 Å². The summed E-state index contributed by atoms with van der Waals surface area (Å²) in [6, 6.07) is 0. The van der Waals surface area contributed by atoms with Gasteiger partial charge in [0, 0.05) is 17.6 Å². The predicted octanol–water partition coefficient (Wildman–Crippen LogP) is 3.33. The molecule has 0 spiro atoms. The summed E-state index contributed by atoms with van der Waals surface area (Å²) in [5.41, 5.74) is 0. The Morgan fingerprint density at radius 2 is 1.88 bits per heavy atom. The van der Waals surface area contributed by atoms with Crippen molar-refractivity contribution in [2.24, 2.45) is 5.92 Å². The van der Waals surface area contributed by atoms with Crippen LogP contribution < -0.4 is 0 Å². The monoisotopic (exact) mass is 266 g/mol. The van der Waals surface area contributed by atoms with Crippen LogP contribution in [-0.4, -0.2) is 33.9 Å². The molecule has 0 aromatic rings. The minimum absolute atomic E-state index is 0.208. The second kappa shape index (κ2) is 10.8. The van der Waals surface area contributed by atoms with Gasteiger partial charge in [-0.2, -0.15) is 0 Å². The van der Waals surface area contributed by atoms with Crippen LogP contribution in [0.3, 0.4) is 0 Å². The Kier molecular flexibility index (Phi) is 11.2. The molecule has 0 radical (unpaired) electrons. The fourth-order valence-electron chi connectivity index (χ4n) is 1.53. The van der Waals surface area contributed by atoms with Crippen LogP contribution in [0.4, 0.5) is 0 Å². The Morgan fingerprint density at radius 1 is 1.19 bits per heavy atom. The lowest BCUT2D eigenvalue weighted by Crippen LogP contribution is -2.18. The highest BCUT2D eigenvalue weighted by Crippen LogP contribution is 2.34. The van der Waals surface area contributed by atoms with E-state index in [1.54, 1.807) is 0 Å². The van der Waals surface area contributed by atoms with Gasteiger partial charge in [-0.1, -0.05) is 48.3 Å². The Balaban J connectivity index is 3.74. The van der Waals surface area contributed by atoms with Crippen LogP contribution in [0.1, 0.15) is 46.5 Å². The lowest BCUT2D eigenvalue weighted by atomic mass is 10.0. The van der Waals surface area contributed by atoms with Crippen LogP contribution in [0.2, 0.25) is 0 Å². The molecule has 0 aromatic carbocycles. The maximum absolute atomic E-state index is 9.52. The Labute approximate surface area is 108 Å². The number of hydrogen-bond donors (Lipinski definition) is 2. The predicted molar refractivity (Wildman–Crippen MR) is 75.9 cm³/mol. The van der Waals surface area contributed by atoms with E-state index in [4.69, 9.17) is 5.11 Å². The van der Waals surface area contributed by atoms with E-state index in [0.717, 1.165) is 18.6 Å². The van der Waals surface area contributed by atoms with Crippen molar-refractivity contribution in [2.45, 2.75) is 57.8 Å². The summed E-state index contributed by atoms with van der Waals surface area (Å²) in [5, 5.41) is 19.0. The highest BCUT2D eigenvalue weighted by atomic mass is 33.1. The minimum atomic E-state index is -0.208. The molecule has 2 N–H and O–H groups in total. The zero-order valence-electron chi connectivity index (χ0n) is 10.7.